The molecule has 118 valence electrons. The lowest BCUT2D eigenvalue weighted by molar-refractivity contribution is -0.143. The van der Waals surface area contributed by atoms with E-state index in [4.69, 9.17) is 5.11 Å². The quantitative estimate of drug-likeness (QED) is 0.882. The first kappa shape index (κ1) is 14.9. The first-order valence-electron chi connectivity index (χ1n) is 7.09. The van der Waals surface area contributed by atoms with Crippen LogP contribution >= 0.6 is 0 Å². The molecule has 1 aromatic rings. The van der Waals surface area contributed by atoms with Crippen LogP contribution < -0.4 is 5.32 Å². The molecule has 1 aromatic carbocycles. The summed E-state index contributed by atoms with van der Waals surface area (Å²) in [6.45, 7) is 0. The van der Waals surface area contributed by atoms with Gasteiger partial charge in [-0.05, 0) is 31.4 Å². The summed E-state index contributed by atoms with van der Waals surface area (Å²) in [5.74, 6) is -0.631. The van der Waals surface area contributed by atoms with Crippen LogP contribution in [-0.4, -0.2) is 29.0 Å². The molecule has 7 heteroatoms. The van der Waals surface area contributed by atoms with E-state index >= 15 is 0 Å². The van der Waals surface area contributed by atoms with Gasteiger partial charge in [0.25, 0.3) is 0 Å². The second kappa shape index (κ2) is 5.30. The summed E-state index contributed by atoms with van der Waals surface area (Å²) in [6.07, 6.45) is -2.60. The van der Waals surface area contributed by atoms with Gasteiger partial charge in [-0.1, -0.05) is 12.1 Å². The van der Waals surface area contributed by atoms with Crippen molar-refractivity contribution in [3.05, 3.63) is 35.4 Å². The van der Waals surface area contributed by atoms with Gasteiger partial charge in [-0.25, -0.2) is 0 Å². The largest absolute Gasteiger partial charge is 0.481 e. The molecule has 1 aliphatic carbocycles. The number of benzene rings is 1. The predicted molar refractivity (Wildman–Crippen MR) is 73.7 cm³/mol. The van der Waals surface area contributed by atoms with E-state index in [2.05, 4.69) is 10.3 Å². The third-order valence-corrected chi connectivity index (χ3v) is 4.27. The van der Waals surface area contributed by atoms with Gasteiger partial charge in [0.05, 0.1) is 23.6 Å². The maximum Gasteiger partial charge on any atom is 0.416 e. The summed E-state index contributed by atoms with van der Waals surface area (Å²) in [7, 11) is 0. The fraction of sp³-hybridized carbons (Fsp3) is 0.467. The number of carboxylic acid groups (broad SMARTS) is 1. The second-order valence-electron chi connectivity index (χ2n) is 5.72. The summed E-state index contributed by atoms with van der Waals surface area (Å²) >= 11 is 0. The third-order valence-electron chi connectivity index (χ3n) is 4.27. The number of amidine groups is 1. The van der Waals surface area contributed by atoms with E-state index in [1.54, 1.807) is 0 Å². The number of nitrogens with zero attached hydrogens (tertiary/aromatic N) is 1. The van der Waals surface area contributed by atoms with Gasteiger partial charge in [-0.15, -0.1) is 0 Å². The minimum Gasteiger partial charge on any atom is -0.481 e. The first-order valence-corrected chi connectivity index (χ1v) is 7.09. The van der Waals surface area contributed by atoms with Gasteiger partial charge in [-0.2, -0.15) is 13.2 Å². The molecule has 0 aromatic heterocycles. The van der Waals surface area contributed by atoms with Crippen molar-refractivity contribution in [1.29, 1.82) is 0 Å². The molecule has 1 heterocycles. The van der Waals surface area contributed by atoms with Crippen molar-refractivity contribution < 1.29 is 23.1 Å². The summed E-state index contributed by atoms with van der Waals surface area (Å²) in [6, 6.07) is 4.80. The van der Waals surface area contributed by atoms with E-state index in [9.17, 15) is 18.0 Å². The molecule has 0 spiro atoms. The highest BCUT2D eigenvalue weighted by Gasteiger charge is 2.38. The fourth-order valence-corrected chi connectivity index (χ4v) is 3.04. The highest BCUT2D eigenvalue weighted by Crippen LogP contribution is 2.32. The Balaban J connectivity index is 1.74. The Hall–Kier alpha value is -2.05. The van der Waals surface area contributed by atoms with Gasteiger partial charge in [-0.3, -0.25) is 9.79 Å². The van der Waals surface area contributed by atoms with Crippen LogP contribution in [-0.2, 0) is 11.0 Å². The van der Waals surface area contributed by atoms with Crippen LogP contribution in [0.25, 0.3) is 0 Å². The predicted octanol–water partition coefficient (Wildman–Crippen LogP) is 2.68. The van der Waals surface area contributed by atoms with Crippen molar-refractivity contribution >= 4 is 11.8 Å². The topological polar surface area (TPSA) is 61.7 Å². The lowest BCUT2D eigenvalue weighted by Gasteiger charge is -2.28. The number of halogens is 3. The zero-order valence-corrected chi connectivity index (χ0v) is 11.6. The average Bonchev–Trinajstić information content (AvgIpc) is 2.89. The summed E-state index contributed by atoms with van der Waals surface area (Å²) in [5.41, 5.74) is -0.104. The number of hydrogen-bond donors (Lipinski definition) is 2. The van der Waals surface area contributed by atoms with E-state index in [1.807, 2.05) is 0 Å². The Morgan fingerprint density at radius 1 is 1.23 bits per heavy atom. The van der Waals surface area contributed by atoms with Gasteiger partial charge in [0.15, 0.2) is 0 Å². The van der Waals surface area contributed by atoms with E-state index < -0.39 is 17.7 Å². The van der Waals surface area contributed by atoms with Crippen LogP contribution in [0.5, 0.6) is 0 Å². The Morgan fingerprint density at radius 3 is 2.50 bits per heavy atom. The summed E-state index contributed by atoms with van der Waals surface area (Å²) < 4.78 is 37.7. The fourth-order valence-electron chi connectivity index (χ4n) is 3.04. The number of alkyl halides is 3. The lowest BCUT2D eigenvalue weighted by atomic mass is 9.83. The van der Waals surface area contributed by atoms with Crippen molar-refractivity contribution in [2.24, 2.45) is 10.9 Å². The van der Waals surface area contributed by atoms with Crippen LogP contribution in [0.1, 0.15) is 30.4 Å². The van der Waals surface area contributed by atoms with Crippen LogP contribution in [0.3, 0.4) is 0 Å². The molecule has 1 aliphatic heterocycles. The third kappa shape index (κ3) is 2.80. The molecule has 0 bridgehead atoms. The number of aliphatic carboxylic acids is 1. The Morgan fingerprint density at radius 2 is 1.91 bits per heavy atom. The Kier molecular flexibility index (Phi) is 3.58. The van der Waals surface area contributed by atoms with Crippen molar-refractivity contribution in [3.8, 4) is 0 Å². The minimum absolute atomic E-state index is 0.00731. The number of rotatable bonds is 2. The van der Waals surface area contributed by atoms with Gasteiger partial charge in [0, 0.05) is 5.56 Å². The zero-order valence-electron chi connectivity index (χ0n) is 11.6. The molecule has 2 aliphatic rings. The van der Waals surface area contributed by atoms with E-state index in [0.29, 0.717) is 30.7 Å². The Labute approximate surface area is 125 Å². The molecule has 4 nitrogen and oxygen atoms in total. The highest BCUT2D eigenvalue weighted by molar-refractivity contribution is 6.00. The van der Waals surface area contributed by atoms with Gasteiger partial charge in [0.2, 0.25) is 0 Å². The summed E-state index contributed by atoms with van der Waals surface area (Å²) in [5, 5.41) is 12.2. The highest BCUT2D eigenvalue weighted by atomic mass is 19.4. The Bertz CT molecular complexity index is 610. The molecule has 3 unspecified atom stereocenters. The molecule has 1 saturated carbocycles. The smallest absolute Gasteiger partial charge is 0.416 e. The standard InChI is InChI=1S/C15H15F3N2O2/c16-15(17,18)10-4-1-8(2-5-10)13-19-11-6-3-9(14(21)22)7-12(11)20-13/h1-2,4-5,9,11-12H,3,6-7H2,(H,19,20)(H,21,22). The molecule has 22 heavy (non-hydrogen) atoms. The van der Waals surface area contributed by atoms with E-state index in [0.717, 1.165) is 12.1 Å². The molecule has 0 saturated heterocycles. The lowest BCUT2D eigenvalue weighted by Crippen LogP contribution is -2.41. The van der Waals surface area contributed by atoms with Crippen LogP contribution in [0, 0.1) is 5.92 Å². The van der Waals surface area contributed by atoms with Crippen molar-refractivity contribution in [1.82, 2.24) is 5.32 Å². The normalized spacial score (nSPS) is 27.8. The molecule has 3 atom stereocenters. The first-order chi connectivity index (χ1) is 10.3. The molecular formula is C15H15F3N2O2. The molecule has 0 amide bonds. The number of carboxylic acids is 1. The minimum atomic E-state index is -4.36. The number of carbonyl (C=O) groups is 1. The number of nitrogens with one attached hydrogen (secondary N) is 1. The van der Waals surface area contributed by atoms with Gasteiger partial charge < -0.3 is 10.4 Å². The van der Waals surface area contributed by atoms with E-state index in [-0.39, 0.29) is 18.0 Å². The van der Waals surface area contributed by atoms with E-state index in [1.165, 1.54) is 12.1 Å². The number of hydrogen-bond acceptors (Lipinski definition) is 3. The van der Waals surface area contributed by atoms with Crippen molar-refractivity contribution in [2.75, 3.05) is 0 Å². The monoisotopic (exact) mass is 312 g/mol. The van der Waals surface area contributed by atoms with Crippen LogP contribution in [0.15, 0.2) is 29.3 Å². The van der Waals surface area contributed by atoms with Gasteiger partial charge >= 0.3 is 12.1 Å². The van der Waals surface area contributed by atoms with Crippen LogP contribution in [0.4, 0.5) is 13.2 Å². The van der Waals surface area contributed by atoms with Gasteiger partial charge in [0.1, 0.15) is 5.84 Å². The number of fused-ring (bicyclic) bond motifs is 1. The SMILES string of the molecule is O=C(O)C1CCC2N=C(c3ccc(C(F)(F)F)cc3)NC2C1. The molecule has 2 N–H and O–H groups in total. The number of aliphatic imine (C=N–C) groups is 1. The summed E-state index contributed by atoms with van der Waals surface area (Å²) in [4.78, 5) is 15.6. The van der Waals surface area contributed by atoms with Crippen LogP contribution in [0.2, 0.25) is 0 Å². The molecule has 1 fully saturated rings. The molecule has 0 radical (unpaired) electrons. The van der Waals surface area contributed by atoms with Crippen molar-refractivity contribution in [2.45, 2.75) is 37.5 Å². The van der Waals surface area contributed by atoms with Crippen molar-refractivity contribution in [3.63, 3.8) is 0 Å². The molecule has 3 rings (SSSR count). The second-order valence-corrected chi connectivity index (χ2v) is 5.72. The molecular weight excluding hydrogens is 297 g/mol. The zero-order chi connectivity index (χ0) is 15.9. The maximum absolute atomic E-state index is 12.6. The average molecular weight is 312 g/mol. The maximum atomic E-state index is 12.6.